The predicted octanol–water partition coefficient (Wildman–Crippen LogP) is 2.49. The fourth-order valence-electron chi connectivity index (χ4n) is 2.11. The second-order valence-electron chi connectivity index (χ2n) is 5.18. The summed E-state index contributed by atoms with van der Waals surface area (Å²) in [4.78, 5) is 16.2. The fraction of sp³-hybridized carbons (Fsp3) is 0.235. The molecule has 0 radical (unpaired) electrons. The van der Waals surface area contributed by atoms with Crippen molar-refractivity contribution in [1.29, 1.82) is 0 Å². The highest BCUT2D eigenvalue weighted by Crippen LogP contribution is 2.19. The highest BCUT2D eigenvalue weighted by molar-refractivity contribution is 6.05. The Morgan fingerprint density at radius 2 is 1.67 bits per heavy atom. The molecule has 0 aliphatic rings. The minimum Gasteiger partial charge on any atom is -0.378 e. The van der Waals surface area contributed by atoms with Crippen molar-refractivity contribution in [2.75, 3.05) is 30.9 Å². The van der Waals surface area contributed by atoms with Gasteiger partial charge in [0.25, 0.3) is 5.91 Å². The second kappa shape index (κ2) is 6.41. The lowest BCUT2D eigenvalue weighted by Gasteiger charge is -2.19. The first-order chi connectivity index (χ1) is 10.0. The van der Waals surface area contributed by atoms with Gasteiger partial charge in [0.2, 0.25) is 0 Å². The molecular formula is C17H21N3O. The maximum atomic E-state index is 12.5. The highest BCUT2D eigenvalue weighted by atomic mass is 16.2. The van der Waals surface area contributed by atoms with Crippen LogP contribution in [0.1, 0.15) is 15.9 Å². The van der Waals surface area contributed by atoms with Gasteiger partial charge in [-0.2, -0.15) is 0 Å². The van der Waals surface area contributed by atoms with Crippen molar-refractivity contribution in [3.05, 3.63) is 59.7 Å². The number of hydrogen-bond acceptors (Lipinski definition) is 3. The first-order valence-corrected chi connectivity index (χ1v) is 6.87. The summed E-state index contributed by atoms with van der Waals surface area (Å²) in [5.41, 5.74) is 9.24. The Balaban J connectivity index is 2.21. The number of nitrogens with zero attached hydrogens (tertiary/aromatic N) is 2. The van der Waals surface area contributed by atoms with Crippen LogP contribution in [0.5, 0.6) is 0 Å². The van der Waals surface area contributed by atoms with Gasteiger partial charge in [-0.05, 0) is 42.0 Å². The number of hydrogen-bond donors (Lipinski definition) is 1. The van der Waals surface area contributed by atoms with Crippen molar-refractivity contribution in [3.8, 4) is 0 Å². The van der Waals surface area contributed by atoms with E-state index in [1.54, 1.807) is 11.9 Å². The predicted molar refractivity (Wildman–Crippen MR) is 87.8 cm³/mol. The van der Waals surface area contributed by atoms with Gasteiger partial charge < -0.3 is 15.5 Å². The van der Waals surface area contributed by atoms with Crippen LogP contribution in [0.3, 0.4) is 0 Å². The lowest BCUT2D eigenvalue weighted by molar-refractivity contribution is 0.0993. The number of anilines is 2. The van der Waals surface area contributed by atoms with Crippen LogP contribution in [0, 0.1) is 0 Å². The van der Waals surface area contributed by atoms with E-state index < -0.39 is 0 Å². The fourth-order valence-corrected chi connectivity index (χ4v) is 2.11. The standard InChI is InChI=1S/C17H21N3O/c1-19(2)15-9-7-14(8-10-15)17(21)20(3)16-6-4-5-13(11-16)12-18/h4-11H,12,18H2,1-3H3. The topological polar surface area (TPSA) is 49.6 Å². The van der Waals surface area contributed by atoms with Crippen molar-refractivity contribution in [2.45, 2.75) is 6.54 Å². The molecule has 0 spiro atoms. The van der Waals surface area contributed by atoms with E-state index in [0.717, 1.165) is 16.9 Å². The Bertz CT molecular complexity index is 620. The van der Waals surface area contributed by atoms with Crippen LogP contribution < -0.4 is 15.5 Å². The third-order valence-electron chi connectivity index (χ3n) is 3.47. The van der Waals surface area contributed by atoms with E-state index in [0.29, 0.717) is 12.1 Å². The van der Waals surface area contributed by atoms with E-state index in [4.69, 9.17) is 5.73 Å². The minimum absolute atomic E-state index is 0.0329. The SMILES string of the molecule is CN(C)c1ccc(C(=O)N(C)c2cccc(CN)c2)cc1. The van der Waals surface area contributed by atoms with Gasteiger partial charge in [-0.3, -0.25) is 4.79 Å². The average molecular weight is 283 g/mol. The summed E-state index contributed by atoms with van der Waals surface area (Å²) in [6, 6.07) is 15.3. The molecule has 0 fully saturated rings. The molecule has 4 heteroatoms. The summed E-state index contributed by atoms with van der Waals surface area (Å²) in [6.07, 6.45) is 0. The Morgan fingerprint density at radius 1 is 1.00 bits per heavy atom. The molecule has 0 atom stereocenters. The smallest absolute Gasteiger partial charge is 0.258 e. The molecule has 2 N–H and O–H groups in total. The summed E-state index contributed by atoms with van der Waals surface area (Å²) >= 11 is 0. The molecule has 4 nitrogen and oxygen atoms in total. The molecule has 1 amide bonds. The van der Waals surface area contributed by atoms with Crippen LogP contribution in [0.4, 0.5) is 11.4 Å². The zero-order valence-electron chi connectivity index (χ0n) is 12.7. The first-order valence-electron chi connectivity index (χ1n) is 6.87. The van der Waals surface area contributed by atoms with Crippen molar-refractivity contribution in [3.63, 3.8) is 0 Å². The van der Waals surface area contributed by atoms with Crippen LogP contribution in [0.25, 0.3) is 0 Å². The maximum absolute atomic E-state index is 12.5. The zero-order valence-corrected chi connectivity index (χ0v) is 12.7. The molecule has 0 saturated heterocycles. The lowest BCUT2D eigenvalue weighted by Crippen LogP contribution is -2.26. The maximum Gasteiger partial charge on any atom is 0.258 e. The Morgan fingerprint density at radius 3 is 2.24 bits per heavy atom. The molecule has 0 aliphatic heterocycles. The van der Waals surface area contributed by atoms with Crippen LogP contribution in [0.15, 0.2) is 48.5 Å². The van der Waals surface area contributed by atoms with E-state index in [1.807, 2.05) is 67.5 Å². The van der Waals surface area contributed by atoms with Crippen LogP contribution in [-0.2, 0) is 6.54 Å². The van der Waals surface area contributed by atoms with E-state index >= 15 is 0 Å². The van der Waals surface area contributed by atoms with Crippen LogP contribution in [0.2, 0.25) is 0 Å². The largest absolute Gasteiger partial charge is 0.378 e. The monoisotopic (exact) mass is 283 g/mol. The van der Waals surface area contributed by atoms with E-state index in [-0.39, 0.29) is 5.91 Å². The van der Waals surface area contributed by atoms with Crippen LogP contribution >= 0.6 is 0 Å². The molecule has 0 aromatic heterocycles. The van der Waals surface area contributed by atoms with Gasteiger partial charge >= 0.3 is 0 Å². The number of benzene rings is 2. The van der Waals surface area contributed by atoms with E-state index in [2.05, 4.69) is 0 Å². The van der Waals surface area contributed by atoms with Crippen LogP contribution in [-0.4, -0.2) is 27.1 Å². The number of carbonyl (C=O) groups is 1. The lowest BCUT2D eigenvalue weighted by atomic mass is 10.1. The summed E-state index contributed by atoms with van der Waals surface area (Å²) < 4.78 is 0. The van der Waals surface area contributed by atoms with E-state index in [1.165, 1.54) is 0 Å². The van der Waals surface area contributed by atoms with Crippen molar-refractivity contribution in [2.24, 2.45) is 5.73 Å². The normalized spacial score (nSPS) is 10.3. The summed E-state index contributed by atoms with van der Waals surface area (Å²) in [5.74, 6) is -0.0329. The third kappa shape index (κ3) is 3.41. The molecule has 2 rings (SSSR count). The Kier molecular flexibility index (Phi) is 4.60. The van der Waals surface area contributed by atoms with Gasteiger partial charge in [-0.25, -0.2) is 0 Å². The molecule has 0 unspecified atom stereocenters. The molecule has 0 saturated carbocycles. The summed E-state index contributed by atoms with van der Waals surface area (Å²) in [5, 5.41) is 0. The molecule has 110 valence electrons. The van der Waals surface area contributed by atoms with Gasteiger partial charge in [0.1, 0.15) is 0 Å². The Labute approximate surface area is 125 Å². The number of amides is 1. The second-order valence-corrected chi connectivity index (χ2v) is 5.18. The number of nitrogens with two attached hydrogens (primary N) is 1. The minimum atomic E-state index is -0.0329. The summed E-state index contributed by atoms with van der Waals surface area (Å²) in [6.45, 7) is 0.466. The summed E-state index contributed by atoms with van der Waals surface area (Å²) in [7, 11) is 5.72. The molecule has 0 aliphatic carbocycles. The average Bonchev–Trinajstić information content (AvgIpc) is 2.53. The van der Waals surface area contributed by atoms with Gasteiger partial charge in [-0.15, -0.1) is 0 Å². The molecule has 0 bridgehead atoms. The number of rotatable bonds is 4. The zero-order chi connectivity index (χ0) is 15.4. The van der Waals surface area contributed by atoms with Gasteiger partial charge in [0.15, 0.2) is 0 Å². The van der Waals surface area contributed by atoms with E-state index in [9.17, 15) is 4.79 Å². The molecule has 21 heavy (non-hydrogen) atoms. The van der Waals surface area contributed by atoms with Crippen molar-refractivity contribution >= 4 is 17.3 Å². The Hall–Kier alpha value is -2.33. The third-order valence-corrected chi connectivity index (χ3v) is 3.47. The molecular weight excluding hydrogens is 262 g/mol. The van der Waals surface area contributed by atoms with Gasteiger partial charge in [0.05, 0.1) is 0 Å². The number of carbonyl (C=O) groups excluding carboxylic acids is 1. The molecule has 2 aromatic carbocycles. The quantitative estimate of drug-likeness (QED) is 0.938. The molecule has 2 aromatic rings. The van der Waals surface area contributed by atoms with Gasteiger partial charge in [0, 0.05) is 44.6 Å². The molecule has 0 heterocycles. The highest BCUT2D eigenvalue weighted by Gasteiger charge is 2.13. The van der Waals surface area contributed by atoms with Crippen molar-refractivity contribution < 1.29 is 4.79 Å². The first kappa shape index (κ1) is 15.1. The van der Waals surface area contributed by atoms with Crippen molar-refractivity contribution in [1.82, 2.24) is 0 Å². The van der Waals surface area contributed by atoms with Gasteiger partial charge in [-0.1, -0.05) is 12.1 Å².